The molecule has 3 heterocycles. The van der Waals surface area contributed by atoms with Crippen LogP contribution in [0.2, 0.25) is 5.02 Å². The quantitative estimate of drug-likeness (QED) is 0.799. The smallest absolute Gasteiger partial charge is 0.271 e. The zero-order valence-electron chi connectivity index (χ0n) is 16.9. The first kappa shape index (κ1) is 20.8. The number of aryl methyl sites for hydroxylation is 2. The number of hydrogen-bond acceptors (Lipinski definition) is 5. The second kappa shape index (κ2) is 9.03. The molecule has 2 aromatic rings. The van der Waals surface area contributed by atoms with E-state index in [4.69, 9.17) is 16.3 Å². The van der Waals surface area contributed by atoms with Crippen LogP contribution in [0.5, 0.6) is 0 Å². The summed E-state index contributed by atoms with van der Waals surface area (Å²) >= 11 is 6.23. The summed E-state index contributed by atoms with van der Waals surface area (Å²) in [5.41, 5.74) is 2.03. The lowest BCUT2D eigenvalue weighted by Crippen LogP contribution is -2.48. The van der Waals surface area contributed by atoms with Crippen molar-refractivity contribution in [2.45, 2.75) is 33.8 Å². The second-order valence-corrected chi connectivity index (χ2v) is 8.10. The number of carbonyl (C=O) groups excluding carboxylic acids is 1. The molecule has 1 aliphatic rings. The molecule has 1 fully saturated rings. The van der Waals surface area contributed by atoms with Crippen molar-refractivity contribution >= 4 is 17.5 Å². The van der Waals surface area contributed by atoms with Crippen molar-refractivity contribution in [1.29, 1.82) is 0 Å². The summed E-state index contributed by atoms with van der Waals surface area (Å²) in [5, 5.41) is 7.64. The zero-order valence-corrected chi connectivity index (χ0v) is 17.7. The van der Waals surface area contributed by atoms with Gasteiger partial charge in [-0.05, 0) is 38.0 Å². The Morgan fingerprint density at radius 1 is 1.39 bits per heavy atom. The summed E-state index contributed by atoms with van der Waals surface area (Å²) < 4.78 is 7.50. The highest BCUT2D eigenvalue weighted by Crippen LogP contribution is 2.18. The number of carbonyl (C=O) groups is 1. The van der Waals surface area contributed by atoms with E-state index in [1.165, 1.54) is 0 Å². The number of halogens is 1. The number of pyridine rings is 1. The molecule has 0 spiro atoms. The van der Waals surface area contributed by atoms with Crippen LogP contribution >= 0.6 is 11.6 Å². The molecule has 2 aromatic heterocycles. The van der Waals surface area contributed by atoms with Gasteiger partial charge in [0.05, 0.1) is 23.4 Å². The SMILES string of the molecule is Cc1cc(C)n(-c2ccc(Cl)c(C(=O)NCC3CN(CC(C)C)CCO3)n2)n1. The van der Waals surface area contributed by atoms with Crippen LogP contribution in [0.1, 0.15) is 35.7 Å². The van der Waals surface area contributed by atoms with Crippen LogP contribution in [0.4, 0.5) is 0 Å². The number of aromatic nitrogens is 3. The summed E-state index contributed by atoms with van der Waals surface area (Å²) in [6.45, 7) is 12.2. The molecule has 1 amide bonds. The van der Waals surface area contributed by atoms with Crippen molar-refractivity contribution in [3.8, 4) is 5.82 Å². The van der Waals surface area contributed by atoms with Crippen LogP contribution in [-0.4, -0.2) is 64.5 Å². The lowest BCUT2D eigenvalue weighted by molar-refractivity contribution is -0.0295. The Labute approximate surface area is 171 Å². The Balaban J connectivity index is 1.66. The molecule has 0 bridgehead atoms. The molecule has 1 saturated heterocycles. The Morgan fingerprint density at radius 3 is 2.86 bits per heavy atom. The van der Waals surface area contributed by atoms with Gasteiger partial charge in [0.1, 0.15) is 5.69 Å². The number of hydrogen-bond donors (Lipinski definition) is 1. The first-order chi connectivity index (χ1) is 13.3. The summed E-state index contributed by atoms with van der Waals surface area (Å²) in [7, 11) is 0. The molecular weight excluding hydrogens is 378 g/mol. The van der Waals surface area contributed by atoms with Crippen molar-refractivity contribution in [3.63, 3.8) is 0 Å². The molecule has 0 radical (unpaired) electrons. The molecule has 1 aliphatic heterocycles. The largest absolute Gasteiger partial charge is 0.374 e. The van der Waals surface area contributed by atoms with E-state index < -0.39 is 0 Å². The fourth-order valence-corrected chi connectivity index (χ4v) is 3.64. The molecule has 1 N–H and O–H groups in total. The van der Waals surface area contributed by atoms with E-state index in [2.05, 4.69) is 34.1 Å². The van der Waals surface area contributed by atoms with Crippen LogP contribution in [0.3, 0.4) is 0 Å². The molecule has 1 unspecified atom stereocenters. The van der Waals surface area contributed by atoms with Crippen molar-refractivity contribution in [3.05, 3.63) is 40.3 Å². The van der Waals surface area contributed by atoms with E-state index >= 15 is 0 Å². The Bertz CT molecular complexity index is 836. The van der Waals surface area contributed by atoms with Crippen LogP contribution in [0, 0.1) is 19.8 Å². The standard InChI is InChI=1S/C20H28ClN5O2/c1-13(2)11-25-7-8-28-16(12-25)10-22-20(27)19-17(21)5-6-18(23-19)26-15(4)9-14(3)24-26/h5-6,9,13,16H,7-8,10-12H2,1-4H3,(H,22,27). The second-order valence-electron chi connectivity index (χ2n) is 7.70. The van der Waals surface area contributed by atoms with E-state index in [9.17, 15) is 4.79 Å². The minimum atomic E-state index is -0.307. The molecule has 1 atom stereocenters. The summed E-state index contributed by atoms with van der Waals surface area (Å²) in [4.78, 5) is 19.5. The summed E-state index contributed by atoms with van der Waals surface area (Å²) in [5.74, 6) is 0.864. The van der Waals surface area contributed by atoms with E-state index in [-0.39, 0.29) is 17.7 Å². The molecule has 8 heteroatoms. The fraction of sp³-hybridized carbons (Fsp3) is 0.550. The first-order valence-corrected chi connectivity index (χ1v) is 10.0. The van der Waals surface area contributed by atoms with Crippen molar-refractivity contribution in [2.75, 3.05) is 32.8 Å². The third-order valence-electron chi connectivity index (χ3n) is 4.61. The third-order valence-corrected chi connectivity index (χ3v) is 4.91. The van der Waals surface area contributed by atoms with Crippen LogP contribution in [-0.2, 0) is 4.74 Å². The molecule has 7 nitrogen and oxygen atoms in total. The molecule has 0 saturated carbocycles. The highest BCUT2D eigenvalue weighted by molar-refractivity contribution is 6.33. The molecule has 3 rings (SSSR count). The highest BCUT2D eigenvalue weighted by atomic mass is 35.5. The van der Waals surface area contributed by atoms with Gasteiger partial charge in [-0.2, -0.15) is 5.10 Å². The average molecular weight is 406 g/mol. The predicted octanol–water partition coefficient (Wildman–Crippen LogP) is 2.62. The first-order valence-electron chi connectivity index (χ1n) is 9.66. The maximum absolute atomic E-state index is 12.7. The summed E-state index contributed by atoms with van der Waals surface area (Å²) in [6, 6.07) is 5.39. The number of nitrogens with zero attached hydrogens (tertiary/aromatic N) is 4. The van der Waals surface area contributed by atoms with Gasteiger partial charge in [0, 0.05) is 31.9 Å². The Kier molecular flexibility index (Phi) is 6.69. The zero-order chi connectivity index (χ0) is 20.3. The van der Waals surface area contributed by atoms with Crippen molar-refractivity contribution in [2.24, 2.45) is 5.92 Å². The Morgan fingerprint density at radius 2 is 2.18 bits per heavy atom. The average Bonchev–Trinajstić information content (AvgIpc) is 2.98. The van der Waals surface area contributed by atoms with E-state index in [0.717, 1.165) is 31.0 Å². The number of rotatable bonds is 6. The molecule has 152 valence electrons. The van der Waals surface area contributed by atoms with Gasteiger partial charge in [0.2, 0.25) is 0 Å². The molecule has 0 aromatic carbocycles. The maximum atomic E-state index is 12.7. The van der Waals surface area contributed by atoms with E-state index in [0.29, 0.717) is 29.9 Å². The maximum Gasteiger partial charge on any atom is 0.271 e. The van der Waals surface area contributed by atoms with Gasteiger partial charge in [-0.15, -0.1) is 0 Å². The van der Waals surface area contributed by atoms with Gasteiger partial charge < -0.3 is 10.1 Å². The monoisotopic (exact) mass is 405 g/mol. The molecular formula is C20H28ClN5O2. The number of nitrogens with one attached hydrogen (secondary N) is 1. The molecule has 28 heavy (non-hydrogen) atoms. The number of morpholine rings is 1. The lowest BCUT2D eigenvalue weighted by Gasteiger charge is -2.33. The van der Waals surface area contributed by atoms with Gasteiger partial charge in [-0.25, -0.2) is 9.67 Å². The van der Waals surface area contributed by atoms with Gasteiger partial charge in [-0.1, -0.05) is 25.4 Å². The van der Waals surface area contributed by atoms with Gasteiger partial charge in [-0.3, -0.25) is 9.69 Å². The van der Waals surface area contributed by atoms with Crippen molar-refractivity contribution in [1.82, 2.24) is 25.0 Å². The van der Waals surface area contributed by atoms with Gasteiger partial charge >= 0.3 is 0 Å². The minimum Gasteiger partial charge on any atom is -0.374 e. The van der Waals surface area contributed by atoms with Crippen LogP contribution in [0.25, 0.3) is 5.82 Å². The number of ether oxygens (including phenoxy) is 1. The lowest BCUT2D eigenvalue weighted by atomic mass is 10.2. The normalized spacial score (nSPS) is 17.9. The molecule has 0 aliphatic carbocycles. The Hall–Kier alpha value is -1.96. The summed E-state index contributed by atoms with van der Waals surface area (Å²) in [6.07, 6.45) is -0.0329. The minimum absolute atomic E-state index is 0.0329. The van der Waals surface area contributed by atoms with E-state index in [1.807, 2.05) is 19.9 Å². The van der Waals surface area contributed by atoms with E-state index in [1.54, 1.807) is 16.8 Å². The third kappa shape index (κ3) is 5.10. The highest BCUT2D eigenvalue weighted by Gasteiger charge is 2.22. The van der Waals surface area contributed by atoms with Gasteiger partial charge in [0.15, 0.2) is 5.82 Å². The van der Waals surface area contributed by atoms with Crippen LogP contribution < -0.4 is 5.32 Å². The number of amides is 1. The predicted molar refractivity (Wildman–Crippen MR) is 109 cm³/mol. The van der Waals surface area contributed by atoms with Crippen molar-refractivity contribution < 1.29 is 9.53 Å². The van der Waals surface area contributed by atoms with Crippen LogP contribution in [0.15, 0.2) is 18.2 Å². The topological polar surface area (TPSA) is 72.3 Å². The fourth-order valence-electron chi connectivity index (χ4n) is 3.45. The van der Waals surface area contributed by atoms with Gasteiger partial charge in [0.25, 0.3) is 5.91 Å².